The second kappa shape index (κ2) is 7.50. The topological polar surface area (TPSA) is 74.1 Å². The molecule has 0 atom stereocenters. The molecule has 0 bridgehead atoms. The standard InChI is InChI=1S/C14H20N4O2S2/c19-11-7-4-8-18-13(16-11)22-14(17-18)21-9-12(20)15-10-5-2-1-3-6-10/h10H,1-9H2,(H,15,20). The summed E-state index contributed by atoms with van der Waals surface area (Å²) in [5.74, 6) is 0.360. The Kier molecular flexibility index (Phi) is 5.41. The van der Waals surface area contributed by atoms with E-state index in [-0.39, 0.29) is 11.8 Å². The fourth-order valence-corrected chi connectivity index (χ4v) is 4.57. The molecule has 3 aliphatic rings. The normalized spacial score (nSPS) is 22.7. The Morgan fingerprint density at radius 1 is 1.32 bits per heavy atom. The van der Waals surface area contributed by atoms with Crippen LogP contribution in [0.3, 0.4) is 0 Å². The number of hydrazone groups is 1. The molecule has 0 aromatic carbocycles. The molecule has 120 valence electrons. The molecule has 2 aliphatic heterocycles. The molecule has 1 saturated carbocycles. The van der Waals surface area contributed by atoms with E-state index >= 15 is 0 Å². The SMILES string of the molecule is O=C1CCCN2N=C(SCC(=O)NC3CCCCC3)SC2=N1. The van der Waals surface area contributed by atoms with E-state index in [4.69, 9.17) is 0 Å². The van der Waals surface area contributed by atoms with Gasteiger partial charge in [-0.3, -0.25) is 9.59 Å². The Labute approximate surface area is 138 Å². The van der Waals surface area contributed by atoms with Crippen LogP contribution in [0.15, 0.2) is 10.1 Å². The number of hydrogen-bond donors (Lipinski definition) is 1. The van der Waals surface area contributed by atoms with Crippen molar-refractivity contribution in [2.24, 2.45) is 10.1 Å². The summed E-state index contributed by atoms with van der Waals surface area (Å²) < 4.78 is 0.798. The second-order valence-corrected chi connectivity index (χ2v) is 7.85. The molecular weight excluding hydrogens is 320 g/mol. The molecule has 6 nitrogen and oxygen atoms in total. The van der Waals surface area contributed by atoms with Crippen molar-refractivity contribution in [1.29, 1.82) is 0 Å². The fraction of sp³-hybridized carbons (Fsp3) is 0.714. The van der Waals surface area contributed by atoms with Crippen molar-refractivity contribution < 1.29 is 9.59 Å². The molecule has 1 fully saturated rings. The predicted molar refractivity (Wildman–Crippen MR) is 90.9 cm³/mol. The average Bonchev–Trinajstić information content (AvgIpc) is 2.80. The Balaban J connectivity index is 1.46. The third-order valence-corrected chi connectivity index (χ3v) is 5.96. The van der Waals surface area contributed by atoms with Crippen molar-refractivity contribution in [3.63, 3.8) is 0 Å². The quantitative estimate of drug-likeness (QED) is 0.852. The molecule has 22 heavy (non-hydrogen) atoms. The third kappa shape index (κ3) is 4.25. The van der Waals surface area contributed by atoms with Gasteiger partial charge in [0.25, 0.3) is 0 Å². The van der Waals surface area contributed by atoms with Gasteiger partial charge in [0.15, 0.2) is 9.54 Å². The number of carbonyl (C=O) groups excluding carboxylic acids is 2. The highest BCUT2D eigenvalue weighted by atomic mass is 32.2. The van der Waals surface area contributed by atoms with Gasteiger partial charge in [0.1, 0.15) is 0 Å². The lowest BCUT2D eigenvalue weighted by Crippen LogP contribution is -2.37. The van der Waals surface area contributed by atoms with Gasteiger partial charge in [-0.25, -0.2) is 5.01 Å². The summed E-state index contributed by atoms with van der Waals surface area (Å²) in [5.41, 5.74) is 0. The number of rotatable bonds is 3. The lowest BCUT2D eigenvalue weighted by Gasteiger charge is -2.22. The number of thioether (sulfide) groups is 2. The minimum atomic E-state index is -0.0820. The number of carbonyl (C=O) groups is 2. The smallest absolute Gasteiger partial charge is 0.248 e. The van der Waals surface area contributed by atoms with Crippen molar-refractivity contribution >= 4 is 44.9 Å². The van der Waals surface area contributed by atoms with Crippen LogP contribution < -0.4 is 5.32 Å². The van der Waals surface area contributed by atoms with Crippen LogP contribution in [0.5, 0.6) is 0 Å². The molecule has 8 heteroatoms. The Morgan fingerprint density at radius 2 is 2.14 bits per heavy atom. The summed E-state index contributed by atoms with van der Waals surface area (Å²) >= 11 is 2.81. The first kappa shape index (κ1) is 15.9. The van der Waals surface area contributed by atoms with Gasteiger partial charge in [-0.2, -0.15) is 10.1 Å². The maximum absolute atomic E-state index is 12.0. The van der Waals surface area contributed by atoms with Crippen LogP contribution in [0.2, 0.25) is 0 Å². The molecule has 2 heterocycles. The zero-order valence-corrected chi connectivity index (χ0v) is 14.0. The average molecular weight is 340 g/mol. The van der Waals surface area contributed by atoms with E-state index in [0.29, 0.717) is 23.4 Å². The van der Waals surface area contributed by atoms with Crippen molar-refractivity contribution in [2.45, 2.75) is 51.0 Å². The lowest BCUT2D eigenvalue weighted by atomic mass is 9.95. The molecule has 3 rings (SSSR count). The third-order valence-electron chi connectivity index (χ3n) is 3.88. The summed E-state index contributed by atoms with van der Waals surface area (Å²) in [4.78, 5) is 27.5. The predicted octanol–water partition coefficient (Wildman–Crippen LogP) is 2.16. The molecule has 0 unspecified atom stereocenters. The number of nitrogens with zero attached hydrogens (tertiary/aromatic N) is 3. The summed E-state index contributed by atoms with van der Waals surface area (Å²) in [5, 5.41) is 9.96. The molecule has 0 spiro atoms. The number of amidine groups is 1. The van der Waals surface area contributed by atoms with Gasteiger partial charge < -0.3 is 5.32 Å². The van der Waals surface area contributed by atoms with Crippen LogP contribution in [0.25, 0.3) is 0 Å². The first-order chi connectivity index (χ1) is 10.7. The maximum Gasteiger partial charge on any atom is 0.248 e. The Bertz CT molecular complexity index is 515. The van der Waals surface area contributed by atoms with Crippen molar-refractivity contribution in [1.82, 2.24) is 10.3 Å². The maximum atomic E-state index is 12.0. The van der Waals surface area contributed by atoms with Crippen LogP contribution >= 0.6 is 23.5 Å². The first-order valence-electron chi connectivity index (χ1n) is 7.78. The van der Waals surface area contributed by atoms with Crippen LogP contribution in [-0.4, -0.2) is 44.7 Å². The van der Waals surface area contributed by atoms with Gasteiger partial charge >= 0.3 is 0 Å². The molecule has 1 aliphatic carbocycles. The lowest BCUT2D eigenvalue weighted by molar-refractivity contribution is -0.119. The van der Waals surface area contributed by atoms with E-state index in [1.165, 1.54) is 42.8 Å². The highest BCUT2D eigenvalue weighted by Crippen LogP contribution is 2.29. The molecule has 0 saturated heterocycles. The van der Waals surface area contributed by atoms with Gasteiger partial charge in [0.05, 0.1) is 5.75 Å². The van der Waals surface area contributed by atoms with E-state index < -0.39 is 0 Å². The Hall–Kier alpha value is -1.02. The molecular formula is C14H20N4O2S2. The van der Waals surface area contributed by atoms with E-state index in [9.17, 15) is 9.59 Å². The second-order valence-electron chi connectivity index (χ2n) is 5.67. The molecule has 2 amide bonds. The number of aliphatic imine (C=N–C) groups is 1. The number of nitrogens with one attached hydrogen (secondary N) is 1. The van der Waals surface area contributed by atoms with Gasteiger partial charge in [-0.15, -0.1) is 0 Å². The number of hydrogen-bond acceptors (Lipinski definition) is 6. The molecule has 0 aromatic rings. The fourth-order valence-electron chi connectivity index (χ4n) is 2.76. The van der Waals surface area contributed by atoms with Crippen molar-refractivity contribution in [3.8, 4) is 0 Å². The van der Waals surface area contributed by atoms with Crippen LogP contribution in [0.1, 0.15) is 44.9 Å². The van der Waals surface area contributed by atoms with Gasteiger partial charge in [0.2, 0.25) is 11.8 Å². The van der Waals surface area contributed by atoms with E-state index in [1.54, 1.807) is 5.01 Å². The summed E-state index contributed by atoms with van der Waals surface area (Å²) in [6.07, 6.45) is 7.16. The number of fused-ring (bicyclic) bond motifs is 1. The highest BCUT2D eigenvalue weighted by molar-refractivity contribution is 8.45. The molecule has 1 N–H and O–H groups in total. The van der Waals surface area contributed by atoms with Crippen LogP contribution in [-0.2, 0) is 9.59 Å². The Morgan fingerprint density at radius 3 is 2.95 bits per heavy atom. The van der Waals surface area contributed by atoms with Gasteiger partial charge in [-0.1, -0.05) is 31.0 Å². The number of amides is 2. The highest BCUT2D eigenvalue weighted by Gasteiger charge is 2.27. The zero-order valence-electron chi connectivity index (χ0n) is 12.4. The van der Waals surface area contributed by atoms with Crippen LogP contribution in [0, 0.1) is 0 Å². The van der Waals surface area contributed by atoms with Crippen molar-refractivity contribution in [3.05, 3.63) is 0 Å². The largest absolute Gasteiger partial charge is 0.353 e. The van der Waals surface area contributed by atoms with E-state index in [1.807, 2.05) is 0 Å². The van der Waals surface area contributed by atoms with E-state index in [2.05, 4.69) is 15.4 Å². The van der Waals surface area contributed by atoms with Gasteiger partial charge in [-0.05, 0) is 31.0 Å². The molecule has 0 aromatic heterocycles. The van der Waals surface area contributed by atoms with Crippen LogP contribution in [0.4, 0.5) is 0 Å². The summed E-state index contributed by atoms with van der Waals surface area (Å²) in [6, 6.07) is 0.344. The minimum Gasteiger partial charge on any atom is -0.353 e. The summed E-state index contributed by atoms with van der Waals surface area (Å²) in [7, 11) is 0. The van der Waals surface area contributed by atoms with Gasteiger partial charge in [0, 0.05) is 19.0 Å². The van der Waals surface area contributed by atoms with E-state index in [0.717, 1.165) is 30.2 Å². The first-order valence-corrected chi connectivity index (χ1v) is 9.58. The monoisotopic (exact) mass is 340 g/mol. The van der Waals surface area contributed by atoms with Crippen molar-refractivity contribution in [2.75, 3.05) is 12.3 Å². The minimum absolute atomic E-state index is 0.0697. The zero-order chi connectivity index (χ0) is 15.4. The molecule has 0 radical (unpaired) electrons. The summed E-state index contributed by atoms with van der Waals surface area (Å²) in [6.45, 7) is 0.718.